The molecule has 3 rings (SSSR count). The number of carbonyl (C=O) groups is 1. The molecule has 3 fully saturated rings. The second-order valence-corrected chi connectivity index (χ2v) is 19.6. The fourth-order valence-corrected chi connectivity index (χ4v) is 9.69. The van der Waals surface area contributed by atoms with E-state index in [2.05, 4.69) is 5.16 Å². The SMILES string of the molecule is CC[C@H]1CC(=O)[C@H](C)[C@@H](O[C@H]2C[C@@](C)(OC)[C@@H](O)[C@H](C)O2)[C@H](C)[C@@H](O[C@@H]2O[C@H](C)C[C@H](N(C)C)[C@H]2O)[C@](C)(OC)C[C@@H](C)/C(=N\OC(C)OCC(C)C)[C@H](C)[C@@H](O)[C@]1(C)O. The molecule has 0 spiro atoms. The molecular formula is C45H84N2O13. The number of aliphatic hydroxyl groups excluding tert-OH is 3. The molecular weight excluding hydrogens is 776 g/mol. The van der Waals surface area contributed by atoms with Gasteiger partial charge in [-0.1, -0.05) is 60.0 Å². The number of ether oxygens (including phenoxy) is 7. The van der Waals surface area contributed by atoms with Gasteiger partial charge in [-0.25, -0.2) is 0 Å². The minimum Gasteiger partial charge on any atom is -0.389 e. The molecule has 3 aliphatic rings. The van der Waals surface area contributed by atoms with Gasteiger partial charge < -0.3 is 63.3 Å². The number of aliphatic hydroxyl groups is 4. The molecule has 0 radical (unpaired) electrons. The van der Waals surface area contributed by atoms with E-state index in [9.17, 15) is 25.2 Å². The van der Waals surface area contributed by atoms with Crippen molar-refractivity contribution in [3.8, 4) is 0 Å². The summed E-state index contributed by atoms with van der Waals surface area (Å²) < 4.78 is 44.8. The molecule has 1 unspecified atom stereocenters. The van der Waals surface area contributed by atoms with E-state index in [1.807, 2.05) is 67.5 Å². The molecule has 1 aliphatic carbocycles. The molecule has 60 heavy (non-hydrogen) atoms. The molecule has 19 atom stereocenters. The van der Waals surface area contributed by atoms with Gasteiger partial charge >= 0.3 is 0 Å². The van der Waals surface area contributed by atoms with Crippen LogP contribution in [0.25, 0.3) is 0 Å². The molecule has 2 heterocycles. The first-order valence-electron chi connectivity index (χ1n) is 22.3. The molecule has 15 nitrogen and oxygen atoms in total. The number of Topliss-reactive ketones (excluding diaryl/α,β-unsaturated/α-hetero) is 1. The van der Waals surface area contributed by atoms with Crippen LogP contribution in [0.15, 0.2) is 5.16 Å². The standard InChI is InChI=1S/C45H84N2O13/c1-18-32-20-34(48)27(6)38(58-35-22-43(11,53-16)40(51)30(9)57-35)29(8)41(59-42-37(49)33(47(14)15)19-26(5)56-42)44(12,54-17)21-25(4)36(28(7)39(50)45(32,13)52)46-60-31(10)55-23-24(2)3/h24-33,35,37-42,49-52H,18-23H2,1-17H3/b46-36+/t25-,26-,27+,28+,29+,30+,31?,32+,33+,35+,37-,38-,39-,40+,41-,42+,43-,44-,45-/m1/s1. The van der Waals surface area contributed by atoms with E-state index in [0.29, 0.717) is 25.2 Å². The zero-order valence-corrected chi connectivity index (χ0v) is 39.9. The number of rotatable bonds is 13. The van der Waals surface area contributed by atoms with Crippen LogP contribution in [-0.4, -0.2) is 156 Å². The Morgan fingerprint density at radius 3 is 2.05 bits per heavy atom. The van der Waals surface area contributed by atoms with Gasteiger partial charge in [0.1, 0.15) is 18.0 Å². The van der Waals surface area contributed by atoms with Gasteiger partial charge in [-0.15, -0.1) is 0 Å². The zero-order chi connectivity index (χ0) is 45.7. The van der Waals surface area contributed by atoms with Crippen LogP contribution in [0.5, 0.6) is 0 Å². The number of likely N-dealkylation sites (N-methyl/N-ethyl adjacent to an activating group) is 1. The molecule has 0 bridgehead atoms. The monoisotopic (exact) mass is 861 g/mol. The summed E-state index contributed by atoms with van der Waals surface area (Å²) >= 11 is 0. The van der Waals surface area contributed by atoms with Crippen molar-refractivity contribution in [1.82, 2.24) is 4.90 Å². The summed E-state index contributed by atoms with van der Waals surface area (Å²) in [5, 5.41) is 51.8. The summed E-state index contributed by atoms with van der Waals surface area (Å²) in [6.45, 7) is 24.7. The van der Waals surface area contributed by atoms with Crippen molar-refractivity contribution in [3.05, 3.63) is 0 Å². The van der Waals surface area contributed by atoms with Crippen LogP contribution < -0.4 is 0 Å². The van der Waals surface area contributed by atoms with E-state index in [0.717, 1.165) is 0 Å². The Morgan fingerprint density at radius 1 is 0.883 bits per heavy atom. The molecule has 2 aliphatic heterocycles. The van der Waals surface area contributed by atoms with E-state index in [1.54, 1.807) is 48.7 Å². The number of oxime groups is 1. The first-order chi connectivity index (χ1) is 27.8. The average molecular weight is 861 g/mol. The lowest BCUT2D eigenvalue weighted by Gasteiger charge is -2.50. The van der Waals surface area contributed by atoms with Crippen LogP contribution in [0.3, 0.4) is 0 Å². The summed E-state index contributed by atoms with van der Waals surface area (Å²) in [4.78, 5) is 22.6. The Bertz CT molecular complexity index is 1370. The summed E-state index contributed by atoms with van der Waals surface area (Å²) in [6, 6.07) is -0.264. The van der Waals surface area contributed by atoms with E-state index in [4.69, 9.17) is 38.0 Å². The Hall–Kier alpha value is -1.34. The summed E-state index contributed by atoms with van der Waals surface area (Å²) in [5.41, 5.74) is -3.42. The van der Waals surface area contributed by atoms with Crippen LogP contribution in [0.1, 0.15) is 122 Å². The Balaban J connectivity index is 2.29. The second kappa shape index (κ2) is 22.0. The molecule has 0 aromatic carbocycles. The normalized spacial score (nSPS) is 45.5. The smallest absolute Gasteiger partial charge is 0.223 e. The lowest BCUT2D eigenvalue weighted by atomic mass is 9.69. The summed E-state index contributed by atoms with van der Waals surface area (Å²) in [5.74, 6) is -3.14. The summed E-state index contributed by atoms with van der Waals surface area (Å²) in [6.07, 6.45) is -7.26. The Morgan fingerprint density at radius 2 is 1.50 bits per heavy atom. The Kier molecular flexibility index (Phi) is 19.5. The number of nitrogens with zero attached hydrogens (tertiary/aromatic N) is 2. The molecule has 0 amide bonds. The maximum absolute atomic E-state index is 14.7. The highest BCUT2D eigenvalue weighted by molar-refractivity contribution is 5.89. The average Bonchev–Trinajstić information content (AvgIpc) is 3.18. The quantitative estimate of drug-likeness (QED) is 0.144. The van der Waals surface area contributed by atoms with Crippen molar-refractivity contribution in [2.75, 3.05) is 34.9 Å². The number of ketones is 1. The van der Waals surface area contributed by atoms with E-state index in [-0.39, 0.29) is 43.1 Å². The lowest BCUT2D eigenvalue weighted by molar-refractivity contribution is -0.318. The van der Waals surface area contributed by atoms with Gasteiger partial charge in [0.25, 0.3) is 0 Å². The van der Waals surface area contributed by atoms with Crippen molar-refractivity contribution in [1.29, 1.82) is 0 Å². The minimum atomic E-state index is -1.71. The third kappa shape index (κ3) is 12.5. The highest BCUT2D eigenvalue weighted by Gasteiger charge is 2.53. The predicted octanol–water partition coefficient (Wildman–Crippen LogP) is 4.93. The molecule has 2 saturated heterocycles. The molecule has 0 aromatic heterocycles. The predicted molar refractivity (Wildman–Crippen MR) is 228 cm³/mol. The Labute approximate surface area is 361 Å². The van der Waals surface area contributed by atoms with Gasteiger partial charge in [0.2, 0.25) is 6.29 Å². The van der Waals surface area contributed by atoms with E-state index >= 15 is 0 Å². The van der Waals surface area contributed by atoms with Crippen LogP contribution >= 0.6 is 0 Å². The molecule has 0 aromatic rings. The third-order valence-electron chi connectivity index (χ3n) is 13.9. The van der Waals surface area contributed by atoms with E-state index < -0.39 is 102 Å². The number of hydrogen-bond acceptors (Lipinski definition) is 15. The number of hydrogen-bond donors (Lipinski definition) is 4. The largest absolute Gasteiger partial charge is 0.389 e. The van der Waals surface area contributed by atoms with Gasteiger partial charge in [0.05, 0.1) is 59.6 Å². The van der Waals surface area contributed by atoms with Crippen molar-refractivity contribution in [3.63, 3.8) is 0 Å². The molecule has 352 valence electrons. The minimum absolute atomic E-state index is 0.0599. The molecule has 1 saturated carbocycles. The van der Waals surface area contributed by atoms with Gasteiger partial charge in [0, 0.05) is 63.7 Å². The maximum Gasteiger partial charge on any atom is 0.223 e. The number of methoxy groups -OCH3 is 2. The van der Waals surface area contributed by atoms with Crippen molar-refractivity contribution in [2.24, 2.45) is 40.7 Å². The number of carbonyl (C=O) groups excluding carboxylic acids is 1. The molecule has 15 heteroatoms. The highest BCUT2D eigenvalue weighted by Crippen LogP contribution is 2.43. The van der Waals surface area contributed by atoms with Crippen LogP contribution in [-0.2, 0) is 42.8 Å². The van der Waals surface area contributed by atoms with Crippen LogP contribution in [0.4, 0.5) is 0 Å². The third-order valence-corrected chi connectivity index (χ3v) is 13.9. The first kappa shape index (κ1) is 53.0. The maximum atomic E-state index is 14.7. The first-order valence-corrected chi connectivity index (χ1v) is 22.3. The lowest BCUT2D eigenvalue weighted by Crippen LogP contribution is -2.61. The van der Waals surface area contributed by atoms with Gasteiger partial charge in [-0.2, -0.15) is 0 Å². The van der Waals surface area contributed by atoms with Gasteiger partial charge in [-0.3, -0.25) is 4.79 Å². The van der Waals surface area contributed by atoms with Crippen molar-refractivity contribution >= 4 is 11.5 Å². The van der Waals surface area contributed by atoms with Crippen LogP contribution in [0.2, 0.25) is 0 Å². The zero-order valence-electron chi connectivity index (χ0n) is 39.9. The second-order valence-electron chi connectivity index (χ2n) is 19.6. The van der Waals surface area contributed by atoms with Crippen LogP contribution in [0, 0.1) is 35.5 Å². The fourth-order valence-electron chi connectivity index (χ4n) is 9.69. The van der Waals surface area contributed by atoms with Gasteiger partial charge in [-0.05, 0) is 73.4 Å². The topological polar surface area (TPSA) is 187 Å². The van der Waals surface area contributed by atoms with Crippen molar-refractivity contribution < 1.29 is 63.2 Å². The highest BCUT2D eigenvalue weighted by atomic mass is 16.8. The summed E-state index contributed by atoms with van der Waals surface area (Å²) in [7, 11) is 6.95. The molecule has 4 N–H and O–H groups in total. The van der Waals surface area contributed by atoms with E-state index in [1.165, 1.54) is 7.11 Å². The van der Waals surface area contributed by atoms with Crippen molar-refractivity contribution in [2.45, 2.75) is 207 Å². The fraction of sp³-hybridized carbons (Fsp3) is 0.956. The van der Waals surface area contributed by atoms with Gasteiger partial charge in [0.15, 0.2) is 12.6 Å².